The van der Waals surface area contributed by atoms with Crippen molar-refractivity contribution in [1.82, 2.24) is 0 Å². The first kappa shape index (κ1) is 20.5. The number of hydrogen-bond donors (Lipinski definition) is 1. The number of rotatable bonds is 5. The molecule has 4 nitrogen and oxygen atoms in total. The fourth-order valence-electron chi connectivity index (χ4n) is 2.51. The van der Waals surface area contributed by atoms with E-state index in [2.05, 4.69) is 19.2 Å². The normalized spacial score (nSPS) is 11.4. The number of benzene rings is 2. The van der Waals surface area contributed by atoms with Gasteiger partial charge in [0.2, 0.25) is 11.8 Å². The SMILES string of the molecule is CC(=O)N(CC(=O)Nc1ccc(C(C)C)cc1)c1ccc(C(F)(F)F)cc1. The van der Waals surface area contributed by atoms with Gasteiger partial charge in [-0.2, -0.15) is 13.2 Å². The highest BCUT2D eigenvalue weighted by Gasteiger charge is 2.30. The van der Waals surface area contributed by atoms with Crippen LogP contribution in [0.4, 0.5) is 24.5 Å². The number of hydrogen-bond acceptors (Lipinski definition) is 2. The first-order valence-corrected chi connectivity index (χ1v) is 8.43. The first-order valence-electron chi connectivity index (χ1n) is 8.43. The molecule has 27 heavy (non-hydrogen) atoms. The Hall–Kier alpha value is -2.83. The fourth-order valence-corrected chi connectivity index (χ4v) is 2.51. The summed E-state index contributed by atoms with van der Waals surface area (Å²) in [5.41, 5.74) is 1.12. The molecule has 0 aliphatic rings. The molecule has 0 saturated heterocycles. The van der Waals surface area contributed by atoms with Gasteiger partial charge in [0.15, 0.2) is 0 Å². The fraction of sp³-hybridized carbons (Fsp3) is 0.300. The van der Waals surface area contributed by atoms with Gasteiger partial charge >= 0.3 is 6.18 Å². The van der Waals surface area contributed by atoms with Gasteiger partial charge in [-0.05, 0) is 47.9 Å². The van der Waals surface area contributed by atoms with Crippen molar-refractivity contribution in [3.05, 3.63) is 59.7 Å². The minimum atomic E-state index is -4.46. The van der Waals surface area contributed by atoms with Crippen molar-refractivity contribution in [3.8, 4) is 0 Å². The molecule has 0 fully saturated rings. The summed E-state index contributed by atoms with van der Waals surface area (Å²) in [4.78, 5) is 25.2. The molecule has 1 N–H and O–H groups in total. The van der Waals surface area contributed by atoms with Crippen molar-refractivity contribution in [2.24, 2.45) is 0 Å². The van der Waals surface area contributed by atoms with Crippen molar-refractivity contribution < 1.29 is 22.8 Å². The molecule has 2 aromatic rings. The third-order valence-electron chi connectivity index (χ3n) is 4.05. The molecule has 0 radical (unpaired) electrons. The first-order chi connectivity index (χ1) is 12.6. The van der Waals surface area contributed by atoms with Gasteiger partial charge in [0.05, 0.1) is 5.56 Å². The Morgan fingerprint density at radius 3 is 2.00 bits per heavy atom. The monoisotopic (exact) mass is 378 g/mol. The molecule has 0 aliphatic heterocycles. The summed E-state index contributed by atoms with van der Waals surface area (Å²) in [6.07, 6.45) is -4.46. The van der Waals surface area contributed by atoms with Crippen LogP contribution in [0.3, 0.4) is 0 Å². The largest absolute Gasteiger partial charge is 0.416 e. The Bertz CT molecular complexity index is 797. The summed E-state index contributed by atoms with van der Waals surface area (Å²) in [6, 6.07) is 11.5. The van der Waals surface area contributed by atoms with E-state index >= 15 is 0 Å². The molecule has 2 amide bonds. The number of nitrogens with one attached hydrogen (secondary N) is 1. The van der Waals surface area contributed by atoms with Crippen LogP contribution in [0.15, 0.2) is 48.5 Å². The van der Waals surface area contributed by atoms with Gasteiger partial charge in [0.1, 0.15) is 6.54 Å². The molecular formula is C20H21F3N2O2. The predicted octanol–water partition coefficient (Wildman–Crippen LogP) is 4.82. The van der Waals surface area contributed by atoms with Crippen LogP contribution in [0.1, 0.15) is 37.8 Å². The number of amides is 2. The lowest BCUT2D eigenvalue weighted by Crippen LogP contribution is -2.36. The van der Waals surface area contributed by atoms with E-state index in [1.807, 2.05) is 12.1 Å². The lowest BCUT2D eigenvalue weighted by molar-refractivity contribution is -0.137. The molecule has 0 aromatic heterocycles. The van der Waals surface area contributed by atoms with Gasteiger partial charge in [-0.3, -0.25) is 9.59 Å². The lowest BCUT2D eigenvalue weighted by atomic mass is 10.0. The van der Waals surface area contributed by atoms with Crippen LogP contribution in [-0.4, -0.2) is 18.4 Å². The molecule has 0 saturated carbocycles. The summed E-state index contributed by atoms with van der Waals surface area (Å²) < 4.78 is 38.0. The van der Waals surface area contributed by atoms with Gasteiger partial charge in [-0.1, -0.05) is 26.0 Å². The van der Waals surface area contributed by atoms with Crippen LogP contribution in [0.25, 0.3) is 0 Å². The van der Waals surface area contributed by atoms with E-state index < -0.39 is 23.6 Å². The van der Waals surface area contributed by atoms with Gasteiger partial charge in [0.25, 0.3) is 0 Å². The van der Waals surface area contributed by atoms with Crippen molar-refractivity contribution >= 4 is 23.2 Å². The molecule has 7 heteroatoms. The molecular weight excluding hydrogens is 357 g/mol. The van der Waals surface area contributed by atoms with Gasteiger partial charge in [0, 0.05) is 18.3 Å². The van der Waals surface area contributed by atoms with Crippen LogP contribution in [0, 0.1) is 0 Å². The molecule has 0 spiro atoms. The van der Waals surface area contributed by atoms with Crippen molar-refractivity contribution in [2.75, 3.05) is 16.8 Å². The Kier molecular flexibility index (Phi) is 6.25. The zero-order chi connectivity index (χ0) is 20.2. The Morgan fingerprint density at radius 1 is 1.00 bits per heavy atom. The second-order valence-corrected chi connectivity index (χ2v) is 6.47. The van der Waals surface area contributed by atoms with E-state index in [0.717, 1.165) is 22.6 Å². The Labute approximate surface area is 156 Å². The lowest BCUT2D eigenvalue weighted by Gasteiger charge is -2.21. The number of alkyl halides is 3. The molecule has 0 atom stereocenters. The number of carbonyl (C=O) groups is 2. The Balaban J connectivity index is 2.09. The van der Waals surface area contributed by atoms with E-state index in [9.17, 15) is 22.8 Å². The summed E-state index contributed by atoms with van der Waals surface area (Å²) >= 11 is 0. The van der Waals surface area contributed by atoms with Gasteiger partial charge in [-0.25, -0.2) is 0 Å². The highest BCUT2D eigenvalue weighted by Crippen LogP contribution is 2.30. The number of nitrogens with zero attached hydrogens (tertiary/aromatic N) is 1. The van der Waals surface area contributed by atoms with E-state index in [4.69, 9.17) is 0 Å². The van der Waals surface area contributed by atoms with Crippen LogP contribution in [0.5, 0.6) is 0 Å². The van der Waals surface area contributed by atoms with Gasteiger partial charge < -0.3 is 10.2 Å². The van der Waals surface area contributed by atoms with Crippen LogP contribution in [0.2, 0.25) is 0 Å². The third-order valence-corrected chi connectivity index (χ3v) is 4.05. The minimum Gasteiger partial charge on any atom is -0.325 e. The zero-order valence-corrected chi connectivity index (χ0v) is 15.3. The average molecular weight is 378 g/mol. The average Bonchev–Trinajstić information content (AvgIpc) is 2.59. The number of carbonyl (C=O) groups excluding carboxylic acids is 2. The molecule has 2 aromatic carbocycles. The molecule has 0 bridgehead atoms. The second-order valence-electron chi connectivity index (χ2n) is 6.47. The van der Waals surface area contributed by atoms with Crippen LogP contribution in [-0.2, 0) is 15.8 Å². The third kappa shape index (κ3) is 5.57. The quantitative estimate of drug-likeness (QED) is 0.811. The van der Waals surface area contributed by atoms with E-state index in [-0.39, 0.29) is 12.2 Å². The number of halogens is 3. The van der Waals surface area contributed by atoms with E-state index in [1.54, 1.807) is 12.1 Å². The maximum absolute atomic E-state index is 12.7. The predicted molar refractivity (Wildman–Crippen MR) is 98.6 cm³/mol. The number of anilines is 2. The standard InChI is InChI=1S/C20H21F3N2O2/c1-13(2)15-4-8-17(9-5-15)24-19(27)12-25(14(3)26)18-10-6-16(7-11-18)20(21,22)23/h4-11,13H,12H2,1-3H3,(H,24,27). The summed E-state index contributed by atoms with van der Waals surface area (Å²) in [5.74, 6) is -0.523. The second kappa shape index (κ2) is 8.24. The Morgan fingerprint density at radius 2 is 1.56 bits per heavy atom. The molecule has 0 unspecified atom stereocenters. The molecule has 2 rings (SSSR count). The molecule has 0 aliphatic carbocycles. The summed E-state index contributed by atoms with van der Waals surface area (Å²) in [6.45, 7) is 5.07. The van der Waals surface area contributed by atoms with E-state index in [0.29, 0.717) is 11.6 Å². The zero-order valence-electron chi connectivity index (χ0n) is 15.3. The summed E-state index contributed by atoms with van der Waals surface area (Å²) in [5, 5.41) is 2.69. The van der Waals surface area contributed by atoms with Crippen LogP contribution < -0.4 is 10.2 Å². The minimum absolute atomic E-state index is 0.223. The van der Waals surface area contributed by atoms with Crippen molar-refractivity contribution in [3.63, 3.8) is 0 Å². The van der Waals surface area contributed by atoms with Crippen molar-refractivity contribution in [2.45, 2.75) is 32.9 Å². The molecule has 0 heterocycles. The van der Waals surface area contributed by atoms with Gasteiger partial charge in [-0.15, -0.1) is 0 Å². The maximum Gasteiger partial charge on any atom is 0.416 e. The van der Waals surface area contributed by atoms with Crippen molar-refractivity contribution in [1.29, 1.82) is 0 Å². The highest BCUT2D eigenvalue weighted by molar-refractivity contribution is 6.01. The highest BCUT2D eigenvalue weighted by atomic mass is 19.4. The summed E-state index contributed by atoms with van der Waals surface area (Å²) in [7, 11) is 0. The van der Waals surface area contributed by atoms with E-state index in [1.165, 1.54) is 19.1 Å². The van der Waals surface area contributed by atoms with Crippen LogP contribution >= 0.6 is 0 Å². The maximum atomic E-state index is 12.7. The molecule has 144 valence electrons. The smallest absolute Gasteiger partial charge is 0.325 e. The topological polar surface area (TPSA) is 49.4 Å².